The maximum Gasteiger partial charge on any atom is 0.309 e. The van der Waals surface area contributed by atoms with E-state index in [0.717, 1.165) is 27.7 Å². The molecule has 2 aromatic heterocycles. The third-order valence-electron chi connectivity index (χ3n) is 3.14. The molecule has 0 saturated carbocycles. The number of carboxylic acid groups (broad SMARTS) is 1. The predicted molar refractivity (Wildman–Crippen MR) is 85.6 cm³/mol. The van der Waals surface area contributed by atoms with Crippen molar-refractivity contribution < 1.29 is 14.6 Å². The van der Waals surface area contributed by atoms with Crippen molar-refractivity contribution in [1.29, 1.82) is 0 Å². The zero-order valence-corrected chi connectivity index (χ0v) is 13.1. The highest BCUT2D eigenvalue weighted by atomic mass is 32.1. The topological polar surface area (TPSA) is 63.8 Å². The molecule has 3 aromatic rings. The highest BCUT2D eigenvalue weighted by molar-refractivity contribution is 7.15. The molecule has 22 heavy (non-hydrogen) atoms. The fourth-order valence-corrected chi connectivity index (χ4v) is 3.10. The Kier molecular flexibility index (Phi) is 3.85. The van der Waals surface area contributed by atoms with Crippen LogP contribution >= 0.6 is 11.3 Å². The molecule has 0 amide bonds. The van der Waals surface area contributed by atoms with Gasteiger partial charge in [-0.15, -0.1) is 11.3 Å². The average molecular weight is 316 g/mol. The molecule has 0 aliphatic carbocycles. The highest BCUT2D eigenvalue weighted by Crippen LogP contribution is 2.25. The van der Waals surface area contributed by atoms with Crippen LogP contribution in [0.15, 0.2) is 35.8 Å². The van der Waals surface area contributed by atoms with Crippen LogP contribution in [0.3, 0.4) is 0 Å². The minimum Gasteiger partial charge on any atom is -0.491 e. The first-order chi connectivity index (χ1) is 10.5. The van der Waals surface area contributed by atoms with Crippen LogP contribution in [0.4, 0.5) is 0 Å². The normalized spacial score (nSPS) is 11.2. The molecular formula is C16H16N2O3S. The van der Waals surface area contributed by atoms with E-state index in [4.69, 9.17) is 9.84 Å². The van der Waals surface area contributed by atoms with Crippen LogP contribution in [-0.2, 0) is 11.2 Å². The molecule has 1 aromatic carbocycles. The minimum atomic E-state index is -0.842. The van der Waals surface area contributed by atoms with Gasteiger partial charge < -0.3 is 9.84 Å². The van der Waals surface area contributed by atoms with Crippen molar-refractivity contribution >= 4 is 22.3 Å². The molecule has 0 atom stereocenters. The summed E-state index contributed by atoms with van der Waals surface area (Å²) in [6.45, 7) is 3.97. The number of benzene rings is 1. The van der Waals surface area contributed by atoms with E-state index in [2.05, 4.69) is 4.98 Å². The Morgan fingerprint density at radius 3 is 2.73 bits per heavy atom. The number of hydrogen-bond acceptors (Lipinski definition) is 4. The van der Waals surface area contributed by atoms with Gasteiger partial charge >= 0.3 is 5.97 Å². The number of ether oxygens (including phenoxy) is 1. The van der Waals surface area contributed by atoms with Crippen LogP contribution in [0.25, 0.3) is 16.2 Å². The lowest BCUT2D eigenvalue weighted by Crippen LogP contribution is -2.05. The second kappa shape index (κ2) is 5.81. The summed E-state index contributed by atoms with van der Waals surface area (Å²) in [6, 6.07) is 7.75. The van der Waals surface area contributed by atoms with Crippen molar-refractivity contribution in [3.05, 3.63) is 41.5 Å². The van der Waals surface area contributed by atoms with Gasteiger partial charge in [-0.2, -0.15) is 0 Å². The van der Waals surface area contributed by atoms with Crippen LogP contribution in [0.2, 0.25) is 0 Å². The van der Waals surface area contributed by atoms with E-state index < -0.39 is 5.97 Å². The van der Waals surface area contributed by atoms with Crippen LogP contribution in [0, 0.1) is 0 Å². The second-order valence-corrected chi connectivity index (χ2v) is 6.10. The van der Waals surface area contributed by atoms with Gasteiger partial charge in [-0.25, -0.2) is 4.98 Å². The Labute approximate surface area is 131 Å². The van der Waals surface area contributed by atoms with Gasteiger partial charge in [0.25, 0.3) is 0 Å². The van der Waals surface area contributed by atoms with E-state index >= 15 is 0 Å². The van der Waals surface area contributed by atoms with Crippen molar-refractivity contribution in [2.75, 3.05) is 0 Å². The second-order valence-electron chi connectivity index (χ2n) is 5.27. The van der Waals surface area contributed by atoms with Crippen LogP contribution < -0.4 is 4.74 Å². The maximum absolute atomic E-state index is 10.9. The number of aliphatic carboxylic acids is 1. The van der Waals surface area contributed by atoms with Crippen LogP contribution in [0.1, 0.15) is 19.5 Å². The lowest BCUT2D eigenvalue weighted by atomic mass is 10.1. The summed E-state index contributed by atoms with van der Waals surface area (Å²) in [5, 5.41) is 10.8. The molecule has 5 nitrogen and oxygen atoms in total. The summed E-state index contributed by atoms with van der Waals surface area (Å²) < 4.78 is 7.46. The Balaban J connectivity index is 1.90. The van der Waals surface area contributed by atoms with Crippen molar-refractivity contribution in [2.45, 2.75) is 26.4 Å². The van der Waals surface area contributed by atoms with Gasteiger partial charge in [-0.05, 0) is 38.1 Å². The first-order valence-corrected chi connectivity index (χ1v) is 7.85. The third-order valence-corrected chi connectivity index (χ3v) is 4.03. The lowest BCUT2D eigenvalue weighted by Gasteiger charge is -2.09. The highest BCUT2D eigenvalue weighted by Gasteiger charge is 2.12. The van der Waals surface area contributed by atoms with Gasteiger partial charge in [0.2, 0.25) is 0 Å². The molecular weight excluding hydrogens is 300 g/mol. The number of fused-ring (bicyclic) bond motifs is 1. The molecule has 0 radical (unpaired) electrons. The predicted octanol–water partition coefficient (Wildman–Crippen LogP) is 3.48. The molecule has 0 saturated heterocycles. The largest absolute Gasteiger partial charge is 0.491 e. The van der Waals surface area contributed by atoms with Gasteiger partial charge in [-0.3, -0.25) is 9.20 Å². The van der Waals surface area contributed by atoms with Crippen molar-refractivity contribution in [3.63, 3.8) is 0 Å². The maximum atomic E-state index is 10.9. The Bertz CT molecular complexity index is 803. The van der Waals surface area contributed by atoms with Crippen molar-refractivity contribution in [1.82, 2.24) is 9.38 Å². The van der Waals surface area contributed by atoms with Gasteiger partial charge in [-0.1, -0.05) is 0 Å². The SMILES string of the molecule is CC(C)Oc1ccc(-c2cn3c(CC(=O)O)csc3n2)cc1. The monoisotopic (exact) mass is 316 g/mol. The van der Waals surface area contributed by atoms with E-state index in [0.29, 0.717) is 0 Å². The zero-order chi connectivity index (χ0) is 15.7. The van der Waals surface area contributed by atoms with Gasteiger partial charge in [0.1, 0.15) is 5.75 Å². The fourth-order valence-electron chi connectivity index (χ4n) is 2.23. The molecule has 1 N–H and O–H groups in total. The van der Waals surface area contributed by atoms with Gasteiger partial charge in [0, 0.05) is 22.8 Å². The number of carboxylic acids is 1. The summed E-state index contributed by atoms with van der Waals surface area (Å²) in [5.74, 6) is -0.0172. The first kappa shape index (κ1) is 14.6. The first-order valence-electron chi connectivity index (χ1n) is 6.97. The molecule has 0 aliphatic rings. The van der Waals surface area contributed by atoms with E-state index in [1.807, 2.05) is 54.1 Å². The number of nitrogens with zero attached hydrogens (tertiary/aromatic N) is 2. The number of thiazole rings is 1. The fraction of sp³-hybridized carbons (Fsp3) is 0.250. The number of imidazole rings is 1. The van der Waals surface area contributed by atoms with Gasteiger partial charge in [0.15, 0.2) is 4.96 Å². The molecule has 2 heterocycles. The molecule has 114 valence electrons. The summed E-state index contributed by atoms with van der Waals surface area (Å²) in [5.41, 5.74) is 2.55. The molecule has 0 spiro atoms. The molecule has 6 heteroatoms. The number of rotatable bonds is 5. The molecule has 0 bridgehead atoms. The molecule has 0 aliphatic heterocycles. The van der Waals surface area contributed by atoms with E-state index in [1.54, 1.807) is 0 Å². The minimum absolute atomic E-state index is 0.00301. The molecule has 3 rings (SSSR count). The smallest absolute Gasteiger partial charge is 0.309 e. The molecule has 0 unspecified atom stereocenters. The van der Waals surface area contributed by atoms with Crippen LogP contribution in [0.5, 0.6) is 5.75 Å². The summed E-state index contributed by atoms with van der Waals surface area (Å²) in [4.78, 5) is 16.2. The standard InChI is InChI=1S/C16H16N2O3S/c1-10(2)21-13-5-3-11(4-6-13)14-8-18-12(7-15(19)20)9-22-16(18)17-14/h3-6,8-10H,7H2,1-2H3,(H,19,20). The van der Waals surface area contributed by atoms with Crippen molar-refractivity contribution in [2.24, 2.45) is 0 Å². The third kappa shape index (κ3) is 2.96. The van der Waals surface area contributed by atoms with Crippen molar-refractivity contribution in [3.8, 4) is 17.0 Å². The quantitative estimate of drug-likeness (QED) is 0.783. The number of carbonyl (C=O) groups is 1. The Morgan fingerprint density at radius 1 is 1.36 bits per heavy atom. The van der Waals surface area contributed by atoms with E-state index in [1.165, 1.54) is 11.3 Å². The zero-order valence-electron chi connectivity index (χ0n) is 12.3. The van der Waals surface area contributed by atoms with Gasteiger partial charge in [0.05, 0.1) is 18.2 Å². The van der Waals surface area contributed by atoms with Crippen LogP contribution in [-0.4, -0.2) is 26.6 Å². The summed E-state index contributed by atoms with van der Waals surface area (Å²) >= 11 is 1.45. The summed E-state index contributed by atoms with van der Waals surface area (Å²) in [6.07, 6.45) is 2.02. The van der Waals surface area contributed by atoms with E-state index in [9.17, 15) is 4.79 Å². The lowest BCUT2D eigenvalue weighted by molar-refractivity contribution is -0.136. The number of hydrogen-bond donors (Lipinski definition) is 1. The Hall–Kier alpha value is -2.34. The number of aromatic nitrogens is 2. The average Bonchev–Trinajstić information content (AvgIpc) is 3.01. The Morgan fingerprint density at radius 2 is 2.09 bits per heavy atom. The summed E-state index contributed by atoms with van der Waals surface area (Å²) in [7, 11) is 0. The molecule has 0 fully saturated rings. The van der Waals surface area contributed by atoms with E-state index in [-0.39, 0.29) is 12.5 Å².